The molecule has 108 valence electrons. The number of hydrogen-bond acceptors (Lipinski definition) is 2. The molecule has 0 aliphatic rings. The summed E-state index contributed by atoms with van der Waals surface area (Å²) < 4.78 is 5.62. The van der Waals surface area contributed by atoms with Crippen LogP contribution in [0, 0.1) is 20.8 Å². The summed E-state index contributed by atoms with van der Waals surface area (Å²) in [6.45, 7) is 10.5. The van der Waals surface area contributed by atoms with E-state index in [1.54, 1.807) is 7.11 Å². The predicted molar refractivity (Wildman–Crippen MR) is 80.7 cm³/mol. The van der Waals surface area contributed by atoms with E-state index in [0.29, 0.717) is 6.42 Å². The van der Waals surface area contributed by atoms with Gasteiger partial charge in [-0.3, -0.25) is 0 Å². The Balaban J connectivity index is 3.02. The molecule has 0 saturated carbocycles. The van der Waals surface area contributed by atoms with E-state index >= 15 is 0 Å². The third-order valence-corrected chi connectivity index (χ3v) is 4.45. The molecule has 1 rings (SSSR count). The molecule has 1 unspecified atom stereocenters. The molecule has 1 aromatic carbocycles. The Morgan fingerprint density at radius 3 is 1.95 bits per heavy atom. The van der Waals surface area contributed by atoms with E-state index in [-0.39, 0.29) is 0 Å². The summed E-state index contributed by atoms with van der Waals surface area (Å²) >= 11 is 0. The number of ether oxygens (including phenoxy) is 1. The van der Waals surface area contributed by atoms with Gasteiger partial charge in [-0.1, -0.05) is 31.5 Å². The molecule has 1 N–H and O–H groups in total. The lowest BCUT2D eigenvalue weighted by molar-refractivity contribution is -0.106. The van der Waals surface area contributed by atoms with Gasteiger partial charge in [0.2, 0.25) is 0 Å². The Morgan fingerprint density at radius 2 is 1.58 bits per heavy atom. The van der Waals surface area contributed by atoms with Crippen LogP contribution in [0.1, 0.15) is 48.9 Å². The zero-order valence-corrected chi connectivity index (χ0v) is 13.2. The minimum Gasteiger partial charge on any atom is -0.390 e. The SMILES string of the molecule is CCC(CC)(OC)C(O)Cc1c(C)cc(C)cc1C. The average molecular weight is 264 g/mol. The van der Waals surface area contributed by atoms with Crippen LogP contribution in [-0.2, 0) is 11.2 Å². The molecule has 0 spiro atoms. The van der Waals surface area contributed by atoms with Crippen LogP contribution in [0.5, 0.6) is 0 Å². The second kappa shape index (κ2) is 6.53. The maximum atomic E-state index is 10.6. The molecule has 0 aliphatic heterocycles. The van der Waals surface area contributed by atoms with E-state index in [1.807, 2.05) is 0 Å². The monoisotopic (exact) mass is 264 g/mol. The minimum absolute atomic E-state index is 0.427. The summed E-state index contributed by atoms with van der Waals surface area (Å²) in [4.78, 5) is 0. The van der Waals surface area contributed by atoms with Gasteiger partial charge in [-0.05, 0) is 50.3 Å². The number of aliphatic hydroxyl groups is 1. The van der Waals surface area contributed by atoms with Crippen molar-refractivity contribution in [2.75, 3.05) is 7.11 Å². The first-order valence-electron chi connectivity index (χ1n) is 7.20. The van der Waals surface area contributed by atoms with Crippen LogP contribution in [0.2, 0.25) is 0 Å². The van der Waals surface area contributed by atoms with E-state index in [0.717, 1.165) is 12.8 Å². The van der Waals surface area contributed by atoms with Gasteiger partial charge in [0.1, 0.15) is 0 Å². The van der Waals surface area contributed by atoms with Crippen molar-refractivity contribution in [3.63, 3.8) is 0 Å². The molecule has 0 bridgehead atoms. The first-order valence-corrected chi connectivity index (χ1v) is 7.20. The van der Waals surface area contributed by atoms with Gasteiger partial charge in [-0.25, -0.2) is 0 Å². The van der Waals surface area contributed by atoms with Gasteiger partial charge in [0.05, 0.1) is 11.7 Å². The first kappa shape index (κ1) is 16.2. The standard InChI is InChI=1S/C17H28O2/c1-7-17(8-2,19-6)16(18)11-15-13(4)9-12(3)10-14(15)5/h9-10,16,18H,7-8,11H2,1-6H3. The van der Waals surface area contributed by atoms with Crippen molar-refractivity contribution >= 4 is 0 Å². The van der Waals surface area contributed by atoms with Crippen LogP contribution < -0.4 is 0 Å². The van der Waals surface area contributed by atoms with Crippen LogP contribution in [0.15, 0.2) is 12.1 Å². The molecule has 19 heavy (non-hydrogen) atoms. The number of aliphatic hydroxyl groups excluding tert-OH is 1. The molecule has 0 heterocycles. The predicted octanol–water partition coefficient (Wildman–Crippen LogP) is 3.72. The number of rotatable bonds is 6. The summed E-state index contributed by atoms with van der Waals surface area (Å²) in [6, 6.07) is 4.36. The van der Waals surface area contributed by atoms with Crippen molar-refractivity contribution < 1.29 is 9.84 Å². The summed E-state index contributed by atoms with van der Waals surface area (Å²) in [5.41, 5.74) is 4.62. The highest BCUT2D eigenvalue weighted by Crippen LogP contribution is 2.28. The van der Waals surface area contributed by atoms with Gasteiger partial charge in [0.25, 0.3) is 0 Å². The van der Waals surface area contributed by atoms with Gasteiger partial charge in [-0.2, -0.15) is 0 Å². The van der Waals surface area contributed by atoms with Crippen LogP contribution >= 0.6 is 0 Å². The van der Waals surface area contributed by atoms with Crippen molar-refractivity contribution in [2.24, 2.45) is 0 Å². The van der Waals surface area contributed by atoms with Crippen molar-refractivity contribution in [1.82, 2.24) is 0 Å². The lowest BCUT2D eigenvalue weighted by atomic mass is 9.84. The molecular weight excluding hydrogens is 236 g/mol. The normalized spacial score (nSPS) is 13.6. The number of methoxy groups -OCH3 is 1. The smallest absolute Gasteiger partial charge is 0.0934 e. The molecule has 0 radical (unpaired) electrons. The van der Waals surface area contributed by atoms with Gasteiger partial charge in [0.15, 0.2) is 0 Å². The van der Waals surface area contributed by atoms with E-state index < -0.39 is 11.7 Å². The van der Waals surface area contributed by atoms with Crippen LogP contribution in [0.25, 0.3) is 0 Å². The fourth-order valence-electron chi connectivity index (χ4n) is 3.06. The van der Waals surface area contributed by atoms with Gasteiger partial charge >= 0.3 is 0 Å². The Kier molecular flexibility index (Phi) is 5.57. The molecule has 2 nitrogen and oxygen atoms in total. The van der Waals surface area contributed by atoms with Crippen LogP contribution in [-0.4, -0.2) is 23.9 Å². The molecular formula is C17H28O2. The topological polar surface area (TPSA) is 29.5 Å². The Hall–Kier alpha value is -0.860. The third-order valence-electron chi connectivity index (χ3n) is 4.45. The summed E-state index contributed by atoms with van der Waals surface area (Å²) in [5.74, 6) is 0. The average Bonchev–Trinajstić information content (AvgIpc) is 2.36. The molecule has 0 aliphatic carbocycles. The fourth-order valence-corrected chi connectivity index (χ4v) is 3.06. The van der Waals surface area contributed by atoms with E-state index in [1.165, 1.54) is 22.3 Å². The maximum absolute atomic E-state index is 10.6. The lowest BCUT2D eigenvalue weighted by Crippen LogP contribution is -2.44. The highest BCUT2D eigenvalue weighted by Gasteiger charge is 2.34. The first-order chi connectivity index (χ1) is 8.90. The molecule has 0 aromatic heterocycles. The maximum Gasteiger partial charge on any atom is 0.0934 e. The highest BCUT2D eigenvalue weighted by atomic mass is 16.5. The van der Waals surface area contributed by atoms with Crippen molar-refractivity contribution in [3.05, 3.63) is 34.4 Å². The number of aryl methyl sites for hydroxylation is 3. The quantitative estimate of drug-likeness (QED) is 0.848. The minimum atomic E-state index is -0.465. The molecule has 1 atom stereocenters. The largest absolute Gasteiger partial charge is 0.390 e. The van der Waals surface area contributed by atoms with Gasteiger partial charge < -0.3 is 9.84 Å². The third kappa shape index (κ3) is 3.37. The molecule has 2 heteroatoms. The highest BCUT2D eigenvalue weighted by molar-refractivity contribution is 5.38. The zero-order chi connectivity index (χ0) is 14.6. The summed E-state index contributed by atoms with van der Waals surface area (Å²) in [5, 5.41) is 10.6. The van der Waals surface area contributed by atoms with Crippen LogP contribution in [0.3, 0.4) is 0 Å². The number of hydrogen-bond donors (Lipinski definition) is 1. The Labute approximate surface area is 117 Å². The Morgan fingerprint density at radius 1 is 1.11 bits per heavy atom. The molecule has 0 amide bonds. The Bertz CT molecular complexity index is 388. The lowest BCUT2D eigenvalue weighted by Gasteiger charge is -2.35. The van der Waals surface area contributed by atoms with Crippen molar-refractivity contribution in [2.45, 2.75) is 65.6 Å². The fraction of sp³-hybridized carbons (Fsp3) is 0.647. The molecule has 0 fully saturated rings. The van der Waals surface area contributed by atoms with Crippen molar-refractivity contribution in [1.29, 1.82) is 0 Å². The van der Waals surface area contributed by atoms with Gasteiger partial charge in [-0.15, -0.1) is 0 Å². The molecule has 1 aromatic rings. The second-order valence-electron chi connectivity index (χ2n) is 5.57. The van der Waals surface area contributed by atoms with E-state index in [2.05, 4.69) is 46.8 Å². The summed E-state index contributed by atoms with van der Waals surface area (Å²) in [7, 11) is 1.70. The number of benzene rings is 1. The zero-order valence-electron chi connectivity index (χ0n) is 13.2. The van der Waals surface area contributed by atoms with Crippen LogP contribution in [0.4, 0.5) is 0 Å². The van der Waals surface area contributed by atoms with Crippen molar-refractivity contribution in [3.8, 4) is 0 Å². The van der Waals surface area contributed by atoms with Gasteiger partial charge in [0, 0.05) is 13.5 Å². The van der Waals surface area contributed by atoms with E-state index in [9.17, 15) is 5.11 Å². The van der Waals surface area contributed by atoms with E-state index in [4.69, 9.17) is 4.74 Å². The molecule has 0 saturated heterocycles. The summed E-state index contributed by atoms with van der Waals surface area (Å²) in [6.07, 6.45) is 1.84. The second-order valence-corrected chi connectivity index (χ2v) is 5.57.